The van der Waals surface area contributed by atoms with Gasteiger partial charge in [0.25, 0.3) is 0 Å². The number of nitrogens with one attached hydrogen (secondary N) is 1. The van der Waals surface area contributed by atoms with Gasteiger partial charge in [0.1, 0.15) is 12.1 Å². The highest BCUT2D eigenvalue weighted by atomic mass is 15.0. The molecule has 0 aromatic carbocycles. The van der Waals surface area contributed by atoms with Crippen molar-refractivity contribution in [3.63, 3.8) is 0 Å². The predicted molar refractivity (Wildman–Crippen MR) is 49.9 cm³/mol. The minimum atomic E-state index is 0.429. The molecule has 0 bridgehead atoms. The predicted octanol–water partition coefficient (Wildman–Crippen LogP) is 2.16. The van der Waals surface area contributed by atoms with Gasteiger partial charge in [0, 0.05) is 11.8 Å². The van der Waals surface area contributed by atoms with E-state index in [-0.39, 0.29) is 0 Å². The second-order valence-electron chi connectivity index (χ2n) is 2.83. The van der Waals surface area contributed by atoms with Crippen molar-refractivity contribution in [3.8, 4) is 0 Å². The van der Waals surface area contributed by atoms with E-state index in [4.69, 9.17) is 0 Å². The van der Waals surface area contributed by atoms with Crippen molar-refractivity contribution in [1.82, 2.24) is 9.97 Å². The Morgan fingerprint density at radius 1 is 1.50 bits per heavy atom. The van der Waals surface area contributed by atoms with Crippen LogP contribution in [0.5, 0.6) is 0 Å². The number of hydrogen-bond acceptors (Lipinski definition) is 3. The molecule has 0 unspecified atom stereocenters. The number of rotatable bonds is 3. The Morgan fingerprint density at radius 2 is 2.25 bits per heavy atom. The summed E-state index contributed by atoms with van der Waals surface area (Å²) in [6, 6.07) is 1.92. The molecule has 1 rings (SSSR count). The number of nitrogens with zero attached hydrogens (tertiary/aromatic N) is 2. The third-order valence-corrected chi connectivity index (χ3v) is 1.53. The van der Waals surface area contributed by atoms with Gasteiger partial charge in [-0.3, -0.25) is 0 Å². The van der Waals surface area contributed by atoms with Crippen molar-refractivity contribution in [2.45, 2.75) is 19.8 Å². The topological polar surface area (TPSA) is 37.8 Å². The van der Waals surface area contributed by atoms with Crippen LogP contribution < -0.4 is 5.32 Å². The lowest BCUT2D eigenvalue weighted by Crippen LogP contribution is -1.97. The summed E-state index contributed by atoms with van der Waals surface area (Å²) in [6.45, 7) is 7.75. The van der Waals surface area contributed by atoms with Crippen molar-refractivity contribution < 1.29 is 0 Å². The maximum absolute atomic E-state index is 4.14. The van der Waals surface area contributed by atoms with E-state index in [9.17, 15) is 0 Å². The molecule has 1 aromatic rings. The van der Waals surface area contributed by atoms with Gasteiger partial charge in [-0.15, -0.1) is 0 Å². The van der Waals surface area contributed by atoms with Gasteiger partial charge in [-0.1, -0.05) is 20.4 Å². The molecule has 0 aliphatic rings. The van der Waals surface area contributed by atoms with E-state index in [1.54, 1.807) is 12.5 Å². The Hall–Kier alpha value is -1.38. The van der Waals surface area contributed by atoms with E-state index in [1.807, 2.05) is 6.07 Å². The van der Waals surface area contributed by atoms with Gasteiger partial charge >= 0.3 is 0 Å². The average Bonchev–Trinajstić information content (AvgIpc) is 2.05. The Kier molecular flexibility index (Phi) is 2.80. The smallest absolute Gasteiger partial charge is 0.133 e. The van der Waals surface area contributed by atoms with Gasteiger partial charge in [0.2, 0.25) is 0 Å². The minimum Gasteiger partial charge on any atom is -0.347 e. The highest BCUT2D eigenvalue weighted by Gasteiger charge is 2.00. The molecule has 0 atom stereocenters. The van der Waals surface area contributed by atoms with Crippen LogP contribution in [0.2, 0.25) is 0 Å². The molecule has 0 radical (unpaired) electrons. The molecule has 1 N–H and O–H groups in total. The molecule has 0 saturated carbocycles. The van der Waals surface area contributed by atoms with E-state index in [0.29, 0.717) is 5.92 Å². The zero-order valence-corrected chi connectivity index (χ0v) is 7.41. The van der Waals surface area contributed by atoms with Gasteiger partial charge in [0.05, 0.1) is 0 Å². The Labute approximate surface area is 72.6 Å². The Morgan fingerprint density at radius 3 is 2.83 bits per heavy atom. The second-order valence-corrected chi connectivity index (χ2v) is 2.83. The maximum Gasteiger partial charge on any atom is 0.133 e. The molecule has 12 heavy (non-hydrogen) atoms. The number of aromatic nitrogens is 2. The van der Waals surface area contributed by atoms with Crippen LogP contribution in [0.25, 0.3) is 0 Å². The van der Waals surface area contributed by atoms with Crippen molar-refractivity contribution in [1.29, 1.82) is 0 Å². The minimum absolute atomic E-state index is 0.429. The highest BCUT2D eigenvalue weighted by Crippen LogP contribution is 2.13. The summed E-state index contributed by atoms with van der Waals surface area (Å²) in [5.41, 5.74) is 1.04. The van der Waals surface area contributed by atoms with Gasteiger partial charge in [0.15, 0.2) is 0 Å². The highest BCUT2D eigenvalue weighted by molar-refractivity contribution is 5.37. The van der Waals surface area contributed by atoms with Crippen LogP contribution in [-0.2, 0) is 0 Å². The molecule has 0 aliphatic heterocycles. The summed E-state index contributed by atoms with van der Waals surface area (Å²) in [5.74, 6) is 1.22. The summed E-state index contributed by atoms with van der Waals surface area (Å²) < 4.78 is 0. The molecule has 0 spiro atoms. The molecular weight excluding hydrogens is 150 g/mol. The third kappa shape index (κ3) is 2.05. The lowest BCUT2D eigenvalue weighted by molar-refractivity contribution is 0.815. The van der Waals surface area contributed by atoms with Crippen molar-refractivity contribution >= 4 is 5.82 Å². The quantitative estimate of drug-likeness (QED) is 0.742. The van der Waals surface area contributed by atoms with Gasteiger partial charge in [-0.2, -0.15) is 0 Å². The SMILES string of the molecule is C=CNc1cc(C(C)C)ncn1. The molecule has 0 fully saturated rings. The molecule has 1 aromatic heterocycles. The summed E-state index contributed by atoms with van der Waals surface area (Å²) in [6.07, 6.45) is 3.16. The van der Waals surface area contributed by atoms with Crippen LogP contribution in [0.4, 0.5) is 5.82 Å². The Bertz CT molecular complexity index is 268. The Balaban J connectivity index is 2.87. The lowest BCUT2D eigenvalue weighted by atomic mass is 10.1. The first-order valence-corrected chi connectivity index (χ1v) is 3.93. The zero-order valence-electron chi connectivity index (χ0n) is 7.41. The standard InChI is InChI=1S/C9H13N3/c1-4-10-9-5-8(7(2)3)11-6-12-9/h4-7H,1H2,2-3H3,(H,10,11,12). The molecule has 3 heteroatoms. The van der Waals surface area contributed by atoms with E-state index < -0.39 is 0 Å². The van der Waals surface area contributed by atoms with Crippen LogP contribution in [0.1, 0.15) is 25.5 Å². The summed E-state index contributed by atoms with van der Waals surface area (Å²) in [5, 5.41) is 2.92. The van der Waals surface area contributed by atoms with Gasteiger partial charge in [-0.05, 0) is 12.1 Å². The maximum atomic E-state index is 4.14. The molecule has 0 amide bonds. The van der Waals surface area contributed by atoms with E-state index in [2.05, 4.69) is 35.7 Å². The summed E-state index contributed by atoms with van der Waals surface area (Å²) >= 11 is 0. The van der Waals surface area contributed by atoms with Crippen molar-refractivity contribution in [2.24, 2.45) is 0 Å². The first kappa shape index (κ1) is 8.71. The van der Waals surface area contributed by atoms with Crippen LogP contribution in [-0.4, -0.2) is 9.97 Å². The molecular formula is C9H13N3. The lowest BCUT2D eigenvalue weighted by Gasteiger charge is -2.05. The first-order valence-electron chi connectivity index (χ1n) is 3.93. The van der Waals surface area contributed by atoms with E-state index in [0.717, 1.165) is 11.5 Å². The molecule has 1 heterocycles. The second kappa shape index (κ2) is 3.85. The van der Waals surface area contributed by atoms with E-state index >= 15 is 0 Å². The molecule has 0 aliphatic carbocycles. The molecule has 3 nitrogen and oxygen atoms in total. The fraction of sp³-hybridized carbons (Fsp3) is 0.333. The zero-order chi connectivity index (χ0) is 8.97. The van der Waals surface area contributed by atoms with Gasteiger partial charge in [-0.25, -0.2) is 9.97 Å². The van der Waals surface area contributed by atoms with Crippen LogP contribution in [0, 0.1) is 0 Å². The number of hydrogen-bond donors (Lipinski definition) is 1. The van der Waals surface area contributed by atoms with Gasteiger partial charge < -0.3 is 5.32 Å². The monoisotopic (exact) mass is 163 g/mol. The largest absolute Gasteiger partial charge is 0.347 e. The van der Waals surface area contributed by atoms with Crippen LogP contribution >= 0.6 is 0 Å². The molecule has 0 saturated heterocycles. The number of anilines is 1. The average molecular weight is 163 g/mol. The molecule has 64 valence electrons. The fourth-order valence-electron chi connectivity index (χ4n) is 0.872. The van der Waals surface area contributed by atoms with Crippen molar-refractivity contribution in [2.75, 3.05) is 5.32 Å². The normalized spacial score (nSPS) is 9.92. The van der Waals surface area contributed by atoms with Crippen LogP contribution in [0.15, 0.2) is 25.2 Å². The van der Waals surface area contributed by atoms with E-state index in [1.165, 1.54) is 0 Å². The fourth-order valence-corrected chi connectivity index (χ4v) is 0.872. The van der Waals surface area contributed by atoms with Crippen molar-refractivity contribution in [3.05, 3.63) is 30.9 Å². The third-order valence-electron chi connectivity index (χ3n) is 1.53. The first-order chi connectivity index (χ1) is 5.74. The van der Waals surface area contributed by atoms with Crippen LogP contribution in [0.3, 0.4) is 0 Å². The summed E-state index contributed by atoms with van der Waals surface area (Å²) in [4.78, 5) is 8.15. The summed E-state index contributed by atoms with van der Waals surface area (Å²) in [7, 11) is 0.